The Morgan fingerprint density at radius 2 is 2.10 bits per heavy atom. The molecule has 0 radical (unpaired) electrons. The maximum Gasteiger partial charge on any atom is 0.276 e. The quantitative estimate of drug-likeness (QED) is 0.332. The highest BCUT2D eigenvalue weighted by atomic mass is 16.5. The number of nitrogens with zero attached hydrogens (tertiary/aromatic N) is 2. The van der Waals surface area contributed by atoms with Crippen LogP contribution in [0.3, 0.4) is 0 Å². The normalized spacial score (nSPS) is 10.5. The molecule has 0 aliphatic rings. The fraction of sp³-hybridized carbons (Fsp3) is 0.583. The van der Waals surface area contributed by atoms with E-state index in [0.29, 0.717) is 49.9 Å². The minimum absolute atomic E-state index is 0.0804. The standard InChI is InChI=1S/C12H20N4O4/c1-10-8-15-11(9-16(10)18)12(17)14-3-5-20-7-6-19-4-2-13/h8-9H,2-7,13H2,1H3,(H,14,17). The zero-order valence-electron chi connectivity index (χ0n) is 11.5. The molecule has 0 bridgehead atoms. The molecule has 1 aromatic heterocycles. The van der Waals surface area contributed by atoms with Gasteiger partial charge in [0.1, 0.15) is 0 Å². The van der Waals surface area contributed by atoms with Crippen LogP contribution in [0.15, 0.2) is 12.4 Å². The second kappa shape index (κ2) is 9.18. The number of aryl methyl sites for hydroxylation is 1. The van der Waals surface area contributed by atoms with Crippen molar-refractivity contribution in [1.29, 1.82) is 0 Å². The number of rotatable bonds is 9. The molecule has 0 fully saturated rings. The number of aromatic nitrogens is 2. The third kappa shape index (κ3) is 5.91. The van der Waals surface area contributed by atoms with Crippen molar-refractivity contribution in [3.8, 4) is 0 Å². The number of ether oxygens (including phenoxy) is 2. The molecule has 0 aliphatic carbocycles. The molecule has 0 aromatic carbocycles. The van der Waals surface area contributed by atoms with E-state index in [1.807, 2.05) is 0 Å². The zero-order chi connectivity index (χ0) is 14.8. The molecule has 20 heavy (non-hydrogen) atoms. The van der Waals surface area contributed by atoms with Gasteiger partial charge in [0.2, 0.25) is 11.9 Å². The van der Waals surface area contributed by atoms with Crippen molar-refractivity contribution >= 4 is 5.91 Å². The topological polar surface area (TPSA) is 113 Å². The molecule has 8 heteroatoms. The van der Waals surface area contributed by atoms with E-state index in [-0.39, 0.29) is 5.69 Å². The summed E-state index contributed by atoms with van der Waals surface area (Å²) in [5.41, 5.74) is 5.77. The lowest BCUT2D eigenvalue weighted by Crippen LogP contribution is -2.35. The summed E-state index contributed by atoms with van der Waals surface area (Å²) in [5.74, 6) is -0.405. The number of nitrogens with two attached hydrogens (primary N) is 1. The average molecular weight is 284 g/mol. The van der Waals surface area contributed by atoms with Crippen molar-refractivity contribution in [2.75, 3.05) is 39.5 Å². The Balaban J connectivity index is 2.15. The molecular weight excluding hydrogens is 264 g/mol. The van der Waals surface area contributed by atoms with Crippen LogP contribution in [0.25, 0.3) is 0 Å². The first-order valence-corrected chi connectivity index (χ1v) is 6.34. The molecule has 0 spiro atoms. The third-order valence-corrected chi connectivity index (χ3v) is 2.38. The van der Waals surface area contributed by atoms with Gasteiger partial charge in [0.15, 0.2) is 5.69 Å². The van der Waals surface area contributed by atoms with Crippen molar-refractivity contribution in [3.05, 3.63) is 29.0 Å². The van der Waals surface area contributed by atoms with E-state index in [9.17, 15) is 10.0 Å². The Kier molecular flexibility index (Phi) is 7.48. The Bertz CT molecular complexity index is 428. The van der Waals surface area contributed by atoms with Crippen LogP contribution in [0.2, 0.25) is 0 Å². The van der Waals surface area contributed by atoms with Crippen molar-refractivity contribution in [3.63, 3.8) is 0 Å². The van der Waals surface area contributed by atoms with Crippen LogP contribution >= 0.6 is 0 Å². The molecule has 1 rings (SSSR count). The van der Waals surface area contributed by atoms with E-state index in [1.165, 1.54) is 6.20 Å². The highest BCUT2D eigenvalue weighted by molar-refractivity contribution is 5.91. The summed E-state index contributed by atoms with van der Waals surface area (Å²) in [7, 11) is 0. The van der Waals surface area contributed by atoms with E-state index < -0.39 is 5.91 Å². The number of hydrogen-bond donors (Lipinski definition) is 2. The van der Waals surface area contributed by atoms with Crippen LogP contribution < -0.4 is 15.8 Å². The fourth-order valence-corrected chi connectivity index (χ4v) is 1.32. The lowest BCUT2D eigenvalue weighted by molar-refractivity contribution is -0.613. The highest BCUT2D eigenvalue weighted by Gasteiger charge is 2.11. The number of carbonyl (C=O) groups is 1. The summed E-state index contributed by atoms with van der Waals surface area (Å²) in [6.45, 7) is 4.22. The molecule has 1 heterocycles. The first kappa shape index (κ1) is 16.3. The van der Waals surface area contributed by atoms with Gasteiger partial charge in [-0.3, -0.25) is 4.79 Å². The second-order valence-corrected chi connectivity index (χ2v) is 4.01. The largest absolute Gasteiger partial charge is 0.618 e. The van der Waals surface area contributed by atoms with Crippen LogP contribution in [0, 0.1) is 12.1 Å². The lowest BCUT2D eigenvalue weighted by Gasteiger charge is -2.07. The molecule has 0 aliphatic heterocycles. The van der Waals surface area contributed by atoms with Gasteiger partial charge in [-0.05, 0) is 0 Å². The molecule has 0 saturated heterocycles. The Morgan fingerprint density at radius 1 is 1.40 bits per heavy atom. The van der Waals surface area contributed by atoms with Crippen molar-refractivity contribution in [1.82, 2.24) is 10.3 Å². The molecule has 1 aromatic rings. The van der Waals surface area contributed by atoms with Crippen LogP contribution in [0.1, 0.15) is 16.2 Å². The molecule has 8 nitrogen and oxygen atoms in total. The van der Waals surface area contributed by atoms with Gasteiger partial charge in [-0.25, -0.2) is 4.98 Å². The average Bonchev–Trinajstić information content (AvgIpc) is 2.44. The predicted octanol–water partition coefficient (Wildman–Crippen LogP) is -1.25. The fourth-order valence-electron chi connectivity index (χ4n) is 1.32. The Hall–Kier alpha value is -1.77. The molecule has 0 atom stereocenters. The first-order chi connectivity index (χ1) is 9.65. The SMILES string of the molecule is Cc1cnc(C(=O)NCCOCCOCCN)c[n+]1[O-]. The lowest BCUT2D eigenvalue weighted by atomic mass is 10.4. The number of hydrogen-bond acceptors (Lipinski definition) is 6. The predicted molar refractivity (Wildman–Crippen MR) is 71.0 cm³/mol. The molecule has 1 amide bonds. The van der Waals surface area contributed by atoms with Crippen LogP contribution in [-0.4, -0.2) is 50.4 Å². The summed E-state index contributed by atoms with van der Waals surface area (Å²) in [5, 5.41) is 13.9. The van der Waals surface area contributed by atoms with Crippen molar-refractivity contribution in [2.45, 2.75) is 6.92 Å². The minimum atomic E-state index is -0.405. The maximum absolute atomic E-state index is 11.7. The first-order valence-electron chi connectivity index (χ1n) is 6.34. The summed E-state index contributed by atoms with van der Waals surface area (Å²) < 4.78 is 11.0. The van der Waals surface area contributed by atoms with E-state index in [1.54, 1.807) is 6.92 Å². The number of amides is 1. The second-order valence-electron chi connectivity index (χ2n) is 4.01. The minimum Gasteiger partial charge on any atom is -0.618 e. The van der Waals surface area contributed by atoms with Gasteiger partial charge in [-0.1, -0.05) is 0 Å². The van der Waals surface area contributed by atoms with Gasteiger partial charge in [-0.15, -0.1) is 0 Å². The molecule has 0 saturated carbocycles. The number of carbonyl (C=O) groups excluding carboxylic acids is 1. The molecule has 0 unspecified atom stereocenters. The summed E-state index contributed by atoms with van der Waals surface area (Å²) >= 11 is 0. The summed E-state index contributed by atoms with van der Waals surface area (Å²) in [6, 6.07) is 0. The van der Waals surface area contributed by atoms with Crippen molar-refractivity contribution in [2.24, 2.45) is 5.73 Å². The third-order valence-electron chi connectivity index (χ3n) is 2.38. The van der Waals surface area contributed by atoms with Crippen LogP contribution in [0.5, 0.6) is 0 Å². The Morgan fingerprint density at radius 3 is 2.75 bits per heavy atom. The van der Waals surface area contributed by atoms with E-state index in [4.69, 9.17) is 15.2 Å². The van der Waals surface area contributed by atoms with E-state index >= 15 is 0 Å². The van der Waals surface area contributed by atoms with Gasteiger partial charge < -0.3 is 25.7 Å². The molecular formula is C12H20N4O4. The smallest absolute Gasteiger partial charge is 0.276 e. The van der Waals surface area contributed by atoms with Gasteiger partial charge in [0, 0.05) is 20.0 Å². The summed E-state index contributed by atoms with van der Waals surface area (Å²) in [6.07, 6.45) is 2.50. The van der Waals surface area contributed by atoms with Gasteiger partial charge >= 0.3 is 0 Å². The van der Waals surface area contributed by atoms with Gasteiger partial charge in [-0.2, -0.15) is 4.73 Å². The zero-order valence-corrected chi connectivity index (χ0v) is 11.5. The van der Waals surface area contributed by atoms with E-state index in [2.05, 4.69) is 10.3 Å². The molecule has 112 valence electrons. The van der Waals surface area contributed by atoms with Crippen molar-refractivity contribution < 1.29 is 19.0 Å². The van der Waals surface area contributed by atoms with Gasteiger partial charge in [0.25, 0.3) is 5.91 Å². The van der Waals surface area contributed by atoms with Crippen LogP contribution in [0.4, 0.5) is 0 Å². The molecule has 3 N–H and O–H groups in total. The maximum atomic E-state index is 11.7. The number of nitrogens with one attached hydrogen (secondary N) is 1. The van der Waals surface area contributed by atoms with Gasteiger partial charge in [0.05, 0.1) is 32.6 Å². The van der Waals surface area contributed by atoms with Crippen LogP contribution in [-0.2, 0) is 9.47 Å². The van der Waals surface area contributed by atoms with E-state index in [0.717, 1.165) is 6.20 Å². The Labute approximate surface area is 117 Å². The summed E-state index contributed by atoms with van der Waals surface area (Å²) in [4.78, 5) is 15.5. The monoisotopic (exact) mass is 284 g/mol. The highest BCUT2D eigenvalue weighted by Crippen LogP contribution is 1.91.